The molecule has 0 aromatic carbocycles. The molecule has 0 aliphatic heterocycles. The first-order chi connectivity index (χ1) is 3.55. The van der Waals surface area contributed by atoms with Crippen molar-refractivity contribution in [2.45, 2.75) is 11.0 Å². The first-order valence-corrected chi connectivity index (χ1v) is 5.13. The summed E-state index contributed by atoms with van der Waals surface area (Å²) in [5.41, 5.74) is 0. The molecule has 2 nitrogen and oxygen atoms in total. The SMILES string of the molecule is CC(I)N(I)C(=O)I. The predicted octanol–water partition coefficient (Wildman–Crippen LogP) is 2.97. The van der Waals surface area contributed by atoms with Crippen molar-refractivity contribution in [2.24, 2.45) is 0 Å². The first kappa shape index (κ1) is 9.66. The van der Waals surface area contributed by atoms with E-state index in [0.717, 1.165) is 0 Å². The summed E-state index contributed by atoms with van der Waals surface area (Å²) >= 11 is 5.93. The molecule has 5 heteroatoms. The summed E-state index contributed by atoms with van der Waals surface area (Å²) in [5, 5.41) is 0. The third-order valence-electron chi connectivity index (χ3n) is 0.480. The lowest BCUT2D eigenvalue weighted by atomic mass is 10.8. The van der Waals surface area contributed by atoms with Gasteiger partial charge in [-0.25, -0.2) is 0 Å². The van der Waals surface area contributed by atoms with Crippen LogP contribution in [-0.2, 0) is 0 Å². The summed E-state index contributed by atoms with van der Waals surface area (Å²) in [4.78, 5) is 10.5. The van der Waals surface area contributed by atoms with Gasteiger partial charge in [0.15, 0.2) is 0 Å². The van der Waals surface area contributed by atoms with E-state index >= 15 is 0 Å². The number of rotatable bonds is 1. The van der Waals surface area contributed by atoms with Crippen LogP contribution in [0.25, 0.3) is 0 Å². The summed E-state index contributed by atoms with van der Waals surface area (Å²) in [6.07, 6.45) is 0. The Labute approximate surface area is 89.5 Å². The van der Waals surface area contributed by atoms with Gasteiger partial charge in [-0.2, -0.15) is 0 Å². The fourth-order valence-electron chi connectivity index (χ4n) is 0.140. The van der Waals surface area contributed by atoms with Crippen molar-refractivity contribution in [1.82, 2.24) is 3.11 Å². The van der Waals surface area contributed by atoms with E-state index < -0.39 is 0 Å². The molecular formula is C3H4I3NO. The third-order valence-corrected chi connectivity index (χ3v) is 4.82. The van der Waals surface area contributed by atoms with Gasteiger partial charge in [-0.3, -0.25) is 7.91 Å². The zero-order valence-electron chi connectivity index (χ0n) is 4.07. The fourth-order valence-corrected chi connectivity index (χ4v) is 1.34. The van der Waals surface area contributed by atoms with Crippen molar-refractivity contribution < 1.29 is 4.79 Å². The molecule has 1 unspecified atom stereocenters. The molecule has 0 saturated carbocycles. The monoisotopic (exact) mass is 451 g/mol. The Hall–Kier alpha value is 1.66. The van der Waals surface area contributed by atoms with E-state index in [9.17, 15) is 4.79 Å². The minimum atomic E-state index is 0.0742. The second-order valence-electron chi connectivity index (χ2n) is 1.14. The average molecular weight is 451 g/mol. The largest absolute Gasteiger partial charge is 0.292 e. The Kier molecular flexibility index (Phi) is 5.40. The zero-order valence-corrected chi connectivity index (χ0v) is 10.5. The van der Waals surface area contributed by atoms with Crippen molar-refractivity contribution in [3.05, 3.63) is 0 Å². The molecule has 0 radical (unpaired) electrons. The second-order valence-corrected chi connectivity index (χ2v) is 4.90. The van der Waals surface area contributed by atoms with Crippen LogP contribution in [0.1, 0.15) is 6.92 Å². The van der Waals surface area contributed by atoms with E-state index in [1.54, 1.807) is 25.7 Å². The van der Waals surface area contributed by atoms with E-state index in [4.69, 9.17) is 0 Å². The molecule has 48 valence electrons. The van der Waals surface area contributed by atoms with Gasteiger partial charge < -0.3 is 0 Å². The average Bonchev–Trinajstić information content (AvgIpc) is 1.64. The number of carbonyl (C=O) groups excluding carboxylic acids is 1. The van der Waals surface area contributed by atoms with Crippen LogP contribution in [0.2, 0.25) is 0 Å². The molecule has 0 aliphatic rings. The van der Waals surface area contributed by atoms with E-state index in [2.05, 4.69) is 22.6 Å². The highest BCUT2D eigenvalue weighted by molar-refractivity contribution is 14.1. The minimum absolute atomic E-state index is 0.0742. The molecular weight excluding hydrogens is 447 g/mol. The van der Waals surface area contributed by atoms with Crippen molar-refractivity contribution >= 4 is 72.0 Å². The van der Waals surface area contributed by atoms with Gasteiger partial charge in [-0.1, -0.05) is 22.6 Å². The lowest BCUT2D eigenvalue weighted by molar-refractivity contribution is 0.254. The Morgan fingerprint density at radius 2 is 2.12 bits per heavy atom. The molecule has 0 aliphatic carbocycles. The Morgan fingerprint density at radius 1 is 1.75 bits per heavy atom. The molecule has 0 aromatic rings. The molecule has 0 aromatic heterocycles. The van der Waals surface area contributed by atoms with Crippen molar-refractivity contribution in [3.63, 3.8) is 0 Å². The number of halogens is 3. The van der Waals surface area contributed by atoms with E-state index in [1.165, 1.54) is 0 Å². The van der Waals surface area contributed by atoms with Crippen LogP contribution < -0.4 is 0 Å². The van der Waals surface area contributed by atoms with Crippen LogP contribution in [0.3, 0.4) is 0 Å². The van der Waals surface area contributed by atoms with Gasteiger partial charge in [0.05, 0.1) is 26.9 Å². The maximum absolute atomic E-state index is 10.5. The van der Waals surface area contributed by atoms with Crippen molar-refractivity contribution in [3.8, 4) is 0 Å². The Morgan fingerprint density at radius 3 is 2.12 bits per heavy atom. The number of nitrogens with zero attached hydrogens (tertiary/aromatic N) is 1. The summed E-state index contributed by atoms with van der Waals surface area (Å²) in [6, 6.07) is 0. The van der Waals surface area contributed by atoms with Gasteiger partial charge in [0, 0.05) is 22.6 Å². The Balaban J connectivity index is 3.64. The lowest BCUT2D eigenvalue weighted by Gasteiger charge is -2.12. The third kappa shape index (κ3) is 3.64. The van der Waals surface area contributed by atoms with E-state index in [0.29, 0.717) is 0 Å². The highest BCUT2D eigenvalue weighted by Gasteiger charge is 2.09. The second kappa shape index (κ2) is 4.47. The molecule has 0 N–H and O–H groups in total. The van der Waals surface area contributed by atoms with Gasteiger partial charge >= 0.3 is 0 Å². The van der Waals surface area contributed by atoms with E-state index in [1.807, 2.05) is 29.8 Å². The summed E-state index contributed by atoms with van der Waals surface area (Å²) in [5.74, 6) is 0. The molecule has 0 spiro atoms. The number of alkyl halides is 1. The normalized spacial score (nSPS) is 13.0. The molecule has 0 fully saturated rings. The number of carbonyl (C=O) groups is 1. The van der Waals surface area contributed by atoms with Crippen LogP contribution in [0.15, 0.2) is 0 Å². The summed E-state index contributed by atoms with van der Waals surface area (Å²) in [7, 11) is 0. The van der Waals surface area contributed by atoms with Gasteiger partial charge in [0.25, 0.3) is 3.91 Å². The van der Waals surface area contributed by atoms with Crippen molar-refractivity contribution in [1.29, 1.82) is 0 Å². The smallest absolute Gasteiger partial charge is 0.263 e. The highest BCUT2D eigenvalue weighted by atomic mass is 127. The highest BCUT2D eigenvalue weighted by Crippen LogP contribution is 2.16. The van der Waals surface area contributed by atoms with E-state index in [-0.39, 0.29) is 7.96 Å². The number of hydrogen-bond donors (Lipinski definition) is 0. The molecule has 1 amide bonds. The van der Waals surface area contributed by atoms with Gasteiger partial charge in [0.1, 0.15) is 0 Å². The van der Waals surface area contributed by atoms with Crippen LogP contribution in [0.5, 0.6) is 0 Å². The predicted molar refractivity (Wildman–Crippen MR) is 58.8 cm³/mol. The molecule has 0 saturated heterocycles. The van der Waals surface area contributed by atoms with Crippen LogP contribution in [-0.4, -0.2) is 11.1 Å². The number of hydrogen-bond acceptors (Lipinski definition) is 1. The van der Waals surface area contributed by atoms with Gasteiger partial charge in [0.2, 0.25) is 0 Å². The molecule has 1 atom stereocenters. The van der Waals surface area contributed by atoms with Crippen LogP contribution >= 0.6 is 68.0 Å². The Bertz CT molecular complexity index is 94.5. The molecule has 0 rings (SSSR count). The zero-order chi connectivity index (χ0) is 6.73. The lowest BCUT2D eigenvalue weighted by Crippen LogP contribution is -2.18. The van der Waals surface area contributed by atoms with Crippen molar-refractivity contribution in [2.75, 3.05) is 0 Å². The number of amides is 1. The molecule has 0 bridgehead atoms. The quantitative estimate of drug-likeness (QED) is 0.198. The van der Waals surface area contributed by atoms with Gasteiger partial charge in [-0.05, 0) is 6.92 Å². The molecule has 0 heterocycles. The van der Waals surface area contributed by atoms with Crippen LogP contribution in [0, 0.1) is 0 Å². The minimum Gasteiger partial charge on any atom is -0.263 e. The van der Waals surface area contributed by atoms with Gasteiger partial charge in [-0.15, -0.1) is 0 Å². The van der Waals surface area contributed by atoms with Crippen LogP contribution in [0.4, 0.5) is 4.79 Å². The standard InChI is InChI=1S/C3H4I3NO/c1-2(4)7(6)3(5)8/h2H,1H3. The maximum atomic E-state index is 10.5. The molecule has 8 heavy (non-hydrogen) atoms. The maximum Gasteiger partial charge on any atom is 0.292 e. The first-order valence-electron chi connectivity index (χ1n) is 1.84. The topological polar surface area (TPSA) is 20.3 Å². The summed E-state index contributed by atoms with van der Waals surface area (Å²) < 4.78 is 1.99. The fraction of sp³-hybridized carbons (Fsp3) is 0.667. The summed E-state index contributed by atoms with van der Waals surface area (Å²) in [6.45, 7) is 1.96.